The monoisotopic (exact) mass is 256 g/mol. The second-order valence-electron chi connectivity index (χ2n) is 3.69. The predicted molar refractivity (Wildman–Crippen MR) is 58.2 cm³/mol. The molecule has 3 atom stereocenters. The Morgan fingerprint density at radius 1 is 1.71 bits per heavy atom. The Balaban J connectivity index is 1.97. The van der Waals surface area contributed by atoms with Crippen LogP contribution < -0.4 is 0 Å². The van der Waals surface area contributed by atoms with E-state index in [1.54, 1.807) is 6.08 Å². The van der Waals surface area contributed by atoms with Gasteiger partial charge in [0.05, 0.1) is 6.61 Å². The first-order valence-corrected chi connectivity index (χ1v) is 5.83. The lowest BCUT2D eigenvalue weighted by atomic mass is 9.71. The molecule has 0 N–H and O–H groups in total. The molecule has 1 fully saturated rings. The zero-order valence-electron chi connectivity index (χ0n) is 8.07. The summed E-state index contributed by atoms with van der Waals surface area (Å²) in [5.41, 5.74) is 1.21. The summed E-state index contributed by atoms with van der Waals surface area (Å²) in [5, 5.41) is 0. The second kappa shape index (κ2) is 3.89. The highest BCUT2D eigenvalue weighted by molar-refractivity contribution is 9.09. The van der Waals surface area contributed by atoms with E-state index in [4.69, 9.17) is 4.74 Å². The van der Waals surface area contributed by atoms with Gasteiger partial charge in [-0.05, 0) is 19.3 Å². The van der Waals surface area contributed by atoms with Gasteiger partial charge in [0.2, 0.25) is 0 Å². The van der Waals surface area contributed by atoms with Crippen LogP contribution in [0.25, 0.3) is 0 Å². The van der Waals surface area contributed by atoms with Gasteiger partial charge in [0.25, 0.3) is 0 Å². The van der Waals surface area contributed by atoms with E-state index >= 15 is 0 Å². The lowest BCUT2D eigenvalue weighted by Gasteiger charge is -2.35. The average molecular weight is 257 g/mol. The van der Waals surface area contributed by atoms with Gasteiger partial charge in [-0.1, -0.05) is 33.7 Å². The van der Waals surface area contributed by atoms with Crippen LogP contribution in [0.3, 0.4) is 0 Å². The minimum absolute atomic E-state index is 0.202. The molecule has 1 saturated carbocycles. The Hall–Kier alpha value is -0.570. The molecule has 3 heteroatoms. The van der Waals surface area contributed by atoms with E-state index in [1.165, 1.54) is 5.57 Å². The molecule has 0 saturated heterocycles. The molecule has 0 aromatic rings. The van der Waals surface area contributed by atoms with E-state index in [9.17, 15) is 4.79 Å². The third kappa shape index (κ3) is 1.65. The number of ether oxygens (including phenoxy) is 1. The van der Waals surface area contributed by atoms with E-state index in [0.717, 1.165) is 6.42 Å². The molecule has 2 rings (SSSR count). The van der Waals surface area contributed by atoms with Crippen molar-refractivity contribution in [1.82, 2.24) is 0 Å². The van der Waals surface area contributed by atoms with Gasteiger partial charge in [0.1, 0.15) is 0 Å². The molecule has 0 radical (unpaired) electrons. The number of esters is 1. The molecule has 2 nitrogen and oxygen atoms in total. The molecular weight excluding hydrogens is 244 g/mol. The summed E-state index contributed by atoms with van der Waals surface area (Å²) >= 11 is 3.59. The number of hydrogen-bond acceptors (Lipinski definition) is 2. The van der Waals surface area contributed by atoms with Crippen molar-refractivity contribution in [3.63, 3.8) is 0 Å². The molecule has 0 aliphatic heterocycles. The van der Waals surface area contributed by atoms with Gasteiger partial charge < -0.3 is 4.74 Å². The highest BCUT2D eigenvalue weighted by Gasteiger charge is 2.41. The lowest BCUT2D eigenvalue weighted by Crippen LogP contribution is -2.29. The van der Waals surface area contributed by atoms with Crippen LogP contribution in [0.15, 0.2) is 23.8 Å². The quantitative estimate of drug-likeness (QED) is 0.329. The summed E-state index contributed by atoms with van der Waals surface area (Å²) in [6.45, 7) is 2.28. The Morgan fingerprint density at radius 3 is 3.14 bits per heavy atom. The predicted octanol–water partition coefficient (Wildman–Crippen LogP) is 2.45. The maximum Gasteiger partial charge on any atom is 0.330 e. The summed E-state index contributed by atoms with van der Waals surface area (Å²) in [7, 11) is 0. The normalized spacial score (nSPS) is 36.7. The number of alkyl halides is 1. The van der Waals surface area contributed by atoms with Gasteiger partial charge in [-0.25, -0.2) is 4.79 Å². The van der Waals surface area contributed by atoms with Crippen molar-refractivity contribution >= 4 is 21.9 Å². The van der Waals surface area contributed by atoms with Crippen molar-refractivity contribution in [3.8, 4) is 0 Å². The fourth-order valence-corrected chi connectivity index (χ4v) is 2.78. The van der Waals surface area contributed by atoms with Crippen LogP contribution in [-0.4, -0.2) is 17.4 Å². The van der Waals surface area contributed by atoms with Crippen LogP contribution in [0.5, 0.6) is 0 Å². The first kappa shape index (κ1) is 9.97. The summed E-state index contributed by atoms with van der Waals surface area (Å²) in [4.78, 5) is 11.7. The molecule has 0 amide bonds. The Morgan fingerprint density at radius 2 is 2.50 bits per heavy atom. The Kier molecular flexibility index (Phi) is 2.77. The number of rotatable bonds is 2. The molecule has 0 spiro atoms. The lowest BCUT2D eigenvalue weighted by molar-refractivity contribution is -0.137. The van der Waals surface area contributed by atoms with Crippen molar-refractivity contribution in [2.75, 3.05) is 6.61 Å². The summed E-state index contributed by atoms with van der Waals surface area (Å²) in [5.74, 6) is 0.937. The molecule has 0 aromatic carbocycles. The number of halogens is 1. The molecule has 0 aromatic heterocycles. The minimum atomic E-state index is -0.202. The SMILES string of the molecule is CCOC(=O)/C=C1/C[C@H]2[C@@H]1C=C[C@@H]2Br. The molecule has 0 unspecified atom stereocenters. The second-order valence-corrected chi connectivity index (χ2v) is 4.75. The summed E-state index contributed by atoms with van der Waals surface area (Å²) in [6, 6.07) is 0. The maximum absolute atomic E-state index is 11.2. The van der Waals surface area contributed by atoms with Gasteiger partial charge in [-0.2, -0.15) is 0 Å². The minimum Gasteiger partial charge on any atom is -0.463 e. The van der Waals surface area contributed by atoms with E-state index in [1.807, 2.05) is 6.92 Å². The standard InChI is InChI=1S/C11H13BrO2/c1-2-14-11(13)6-7-5-9-8(7)3-4-10(9)12/h3-4,6,8-10H,2,5H2,1H3/b7-6-/t8-,9+,10+/m1/s1. The highest BCUT2D eigenvalue weighted by atomic mass is 79.9. The Bertz CT molecular complexity index is 306. The molecular formula is C11H13BrO2. The first-order valence-electron chi connectivity index (χ1n) is 4.92. The molecule has 2 aliphatic rings. The van der Waals surface area contributed by atoms with Gasteiger partial charge in [-0.15, -0.1) is 0 Å². The van der Waals surface area contributed by atoms with Gasteiger partial charge >= 0.3 is 5.97 Å². The number of allylic oxidation sites excluding steroid dienone is 3. The molecule has 14 heavy (non-hydrogen) atoms. The average Bonchev–Trinajstić information content (AvgIpc) is 2.39. The number of carbonyl (C=O) groups is 1. The third-order valence-electron chi connectivity index (χ3n) is 2.86. The number of fused-ring (bicyclic) bond motifs is 1. The van der Waals surface area contributed by atoms with Crippen molar-refractivity contribution in [1.29, 1.82) is 0 Å². The fraction of sp³-hybridized carbons (Fsp3) is 0.545. The maximum atomic E-state index is 11.2. The van der Waals surface area contributed by atoms with Crippen molar-refractivity contribution in [2.45, 2.75) is 18.2 Å². The Labute approximate surface area is 92.1 Å². The topological polar surface area (TPSA) is 26.3 Å². The van der Waals surface area contributed by atoms with E-state index in [-0.39, 0.29) is 5.97 Å². The van der Waals surface area contributed by atoms with Crippen LogP contribution in [0.1, 0.15) is 13.3 Å². The van der Waals surface area contributed by atoms with Crippen molar-refractivity contribution < 1.29 is 9.53 Å². The van der Waals surface area contributed by atoms with E-state index in [2.05, 4.69) is 28.1 Å². The van der Waals surface area contributed by atoms with Crippen LogP contribution in [0, 0.1) is 11.8 Å². The third-order valence-corrected chi connectivity index (χ3v) is 3.85. The van der Waals surface area contributed by atoms with E-state index in [0.29, 0.717) is 23.3 Å². The van der Waals surface area contributed by atoms with E-state index < -0.39 is 0 Å². The molecule has 0 heterocycles. The van der Waals surface area contributed by atoms with Crippen molar-refractivity contribution in [2.24, 2.45) is 11.8 Å². The van der Waals surface area contributed by atoms with Gasteiger partial charge in [0, 0.05) is 16.8 Å². The highest BCUT2D eigenvalue weighted by Crippen LogP contribution is 2.49. The van der Waals surface area contributed by atoms with Gasteiger partial charge in [0.15, 0.2) is 0 Å². The summed E-state index contributed by atoms with van der Waals surface area (Å²) < 4.78 is 4.87. The van der Waals surface area contributed by atoms with Crippen LogP contribution >= 0.6 is 15.9 Å². The zero-order chi connectivity index (χ0) is 10.1. The molecule has 2 aliphatic carbocycles. The molecule has 0 bridgehead atoms. The first-order chi connectivity index (χ1) is 6.72. The fourth-order valence-electron chi connectivity index (χ4n) is 2.09. The van der Waals surface area contributed by atoms with Crippen LogP contribution in [0.4, 0.5) is 0 Å². The molecule has 76 valence electrons. The van der Waals surface area contributed by atoms with Crippen LogP contribution in [-0.2, 0) is 9.53 Å². The smallest absolute Gasteiger partial charge is 0.330 e. The zero-order valence-corrected chi connectivity index (χ0v) is 9.66. The van der Waals surface area contributed by atoms with Gasteiger partial charge in [-0.3, -0.25) is 0 Å². The van der Waals surface area contributed by atoms with Crippen molar-refractivity contribution in [3.05, 3.63) is 23.8 Å². The summed E-state index contributed by atoms with van der Waals surface area (Å²) in [6.07, 6.45) is 7.02. The number of hydrogen-bond donors (Lipinski definition) is 0. The largest absolute Gasteiger partial charge is 0.463 e. The van der Waals surface area contributed by atoms with Crippen LogP contribution in [0.2, 0.25) is 0 Å². The number of carbonyl (C=O) groups excluding carboxylic acids is 1.